The molecule has 1 heterocycles. The molecule has 1 aromatic carbocycles. The fourth-order valence-corrected chi connectivity index (χ4v) is 2.80. The van der Waals surface area contributed by atoms with Crippen molar-refractivity contribution in [2.45, 2.75) is 51.9 Å². The van der Waals surface area contributed by atoms with Crippen LogP contribution in [0.2, 0.25) is 0 Å². The lowest BCUT2D eigenvalue weighted by Gasteiger charge is -2.19. The van der Waals surface area contributed by atoms with Crippen molar-refractivity contribution < 1.29 is 19.0 Å². The highest BCUT2D eigenvalue weighted by Crippen LogP contribution is 2.31. The smallest absolute Gasteiger partial charge is 0.249 e. The van der Waals surface area contributed by atoms with E-state index in [0.29, 0.717) is 37.7 Å². The molecular weight excluding hydrogens is 308 g/mol. The highest BCUT2D eigenvalue weighted by atomic mass is 16.5. The first-order chi connectivity index (χ1) is 11.6. The van der Waals surface area contributed by atoms with Crippen LogP contribution in [-0.2, 0) is 9.53 Å². The van der Waals surface area contributed by atoms with E-state index >= 15 is 0 Å². The number of hydrogen-bond donors (Lipinski definition) is 2. The molecule has 0 bridgehead atoms. The van der Waals surface area contributed by atoms with Crippen LogP contribution in [0, 0.1) is 0 Å². The minimum atomic E-state index is -0.407. The largest absolute Gasteiger partial charge is 0.490 e. The highest BCUT2D eigenvalue weighted by Gasteiger charge is 2.30. The Bertz CT molecular complexity index is 550. The van der Waals surface area contributed by atoms with E-state index in [1.54, 1.807) is 0 Å². The van der Waals surface area contributed by atoms with E-state index in [-0.39, 0.29) is 18.1 Å². The Morgan fingerprint density at radius 3 is 2.62 bits per heavy atom. The number of ether oxygens (including phenoxy) is 3. The Hall–Kier alpha value is -1.79. The minimum Gasteiger partial charge on any atom is -0.490 e. The summed E-state index contributed by atoms with van der Waals surface area (Å²) in [6.45, 7) is 7.39. The molecule has 2 rings (SSSR count). The van der Waals surface area contributed by atoms with Crippen LogP contribution in [0.1, 0.15) is 45.2 Å². The maximum absolute atomic E-state index is 12.3. The summed E-state index contributed by atoms with van der Waals surface area (Å²) in [4.78, 5) is 12.3. The molecule has 1 saturated heterocycles. The van der Waals surface area contributed by atoms with Gasteiger partial charge in [0, 0.05) is 6.54 Å². The number of carbonyl (C=O) groups is 1. The quantitative estimate of drug-likeness (QED) is 0.760. The van der Waals surface area contributed by atoms with E-state index in [9.17, 15) is 4.79 Å². The molecule has 24 heavy (non-hydrogen) atoms. The van der Waals surface area contributed by atoms with Gasteiger partial charge in [0.2, 0.25) is 5.91 Å². The zero-order valence-corrected chi connectivity index (χ0v) is 14.7. The van der Waals surface area contributed by atoms with Crippen LogP contribution in [0.4, 0.5) is 0 Å². The van der Waals surface area contributed by atoms with Gasteiger partial charge in [0.05, 0.1) is 25.4 Å². The van der Waals surface area contributed by atoms with Gasteiger partial charge in [-0.1, -0.05) is 6.07 Å². The zero-order chi connectivity index (χ0) is 17.5. The Balaban J connectivity index is 2.02. The van der Waals surface area contributed by atoms with Gasteiger partial charge >= 0.3 is 0 Å². The van der Waals surface area contributed by atoms with Crippen molar-refractivity contribution in [3.05, 3.63) is 23.8 Å². The van der Waals surface area contributed by atoms with Crippen molar-refractivity contribution in [1.82, 2.24) is 5.32 Å². The van der Waals surface area contributed by atoms with E-state index in [1.807, 2.05) is 39.0 Å². The second kappa shape index (κ2) is 8.89. The predicted molar refractivity (Wildman–Crippen MR) is 92.3 cm³/mol. The van der Waals surface area contributed by atoms with Crippen LogP contribution in [-0.4, -0.2) is 37.9 Å². The summed E-state index contributed by atoms with van der Waals surface area (Å²) < 4.78 is 16.8. The predicted octanol–water partition coefficient (Wildman–Crippen LogP) is 2.17. The number of rotatable bonds is 8. The highest BCUT2D eigenvalue weighted by molar-refractivity contribution is 5.81. The van der Waals surface area contributed by atoms with Gasteiger partial charge in [-0.05, 0) is 51.3 Å². The molecule has 1 aliphatic heterocycles. The number of nitrogens with one attached hydrogen (secondary N) is 1. The minimum absolute atomic E-state index is 0.00825. The summed E-state index contributed by atoms with van der Waals surface area (Å²) in [5.74, 6) is 1.31. The van der Waals surface area contributed by atoms with Crippen molar-refractivity contribution in [2.24, 2.45) is 5.73 Å². The second-order valence-corrected chi connectivity index (χ2v) is 5.86. The molecule has 1 aromatic rings. The molecule has 1 fully saturated rings. The average molecular weight is 336 g/mol. The van der Waals surface area contributed by atoms with Crippen molar-refractivity contribution in [2.75, 3.05) is 19.8 Å². The third kappa shape index (κ3) is 4.61. The van der Waals surface area contributed by atoms with Crippen LogP contribution >= 0.6 is 0 Å². The van der Waals surface area contributed by atoms with E-state index in [1.165, 1.54) is 0 Å². The normalized spacial score (nSPS) is 21.3. The first kappa shape index (κ1) is 18.5. The molecule has 6 heteroatoms. The monoisotopic (exact) mass is 336 g/mol. The number of hydrogen-bond acceptors (Lipinski definition) is 5. The van der Waals surface area contributed by atoms with Crippen LogP contribution in [0.3, 0.4) is 0 Å². The van der Waals surface area contributed by atoms with Crippen molar-refractivity contribution in [3.63, 3.8) is 0 Å². The summed E-state index contributed by atoms with van der Waals surface area (Å²) in [6.07, 6.45) is 1.13. The summed E-state index contributed by atoms with van der Waals surface area (Å²) in [7, 11) is 0. The van der Waals surface area contributed by atoms with Crippen LogP contribution in [0.5, 0.6) is 11.5 Å². The van der Waals surface area contributed by atoms with Gasteiger partial charge in [-0.15, -0.1) is 0 Å². The van der Waals surface area contributed by atoms with Gasteiger partial charge in [0.15, 0.2) is 11.5 Å². The van der Waals surface area contributed by atoms with Gasteiger partial charge in [-0.3, -0.25) is 4.79 Å². The molecule has 1 aliphatic rings. The maximum Gasteiger partial charge on any atom is 0.249 e. The van der Waals surface area contributed by atoms with E-state index < -0.39 is 6.10 Å². The molecule has 0 spiro atoms. The van der Waals surface area contributed by atoms with Crippen molar-refractivity contribution in [3.8, 4) is 11.5 Å². The summed E-state index contributed by atoms with van der Waals surface area (Å²) >= 11 is 0. The third-order valence-corrected chi connectivity index (χ3v) is 4.09. The Kier molecular flexibility index (Phi) is 6.87. The second-order valence-electron chi connectivity index (χ2n) is 5.86. The molecule has 3 N–H and O–H groups in total. The summed E-state index contributed by atoms with van der Waals surface area (Å²) in [5.41, 5.74) is 6.55. The molecule has 1 amide bonds. The molecule has 0 aromatic heterocycles. The zero-order valence-electron chi connectivity index (χ0n) is 14.7. The van der Waals surface area contributed by atoms with Gasteiger partial charge < -0.3 is 25.3 Å². The Labute approximate surface area is 143 Å². The van der Waals surface area contributed by atoms with Crippen LogP contribution < -0.4 is 20.5 Å². The molecule has 6 nitrogen and oxygen atoms in total. The lowest BCUT2D eigenvalue weighted by Crippen LogP contribution is -2.37. The van der Waals surface area contributed by atoms with Crippen LogP contribution in [0.15, 0.2) is 18.2 Å². The molecular formula is C18H28N2O4. The van der Waals surface area contributed by atoms with Gasteiger partial charge in [0.25, 0.3) is 0 Å². The van der Waals surface area contributed by atoms with Crippen LogP contribution in [0.25, 0.3) is 0 Å². The van der Waals surface area contributed by atoms with Gasteiger partial charge in [0.1, 0.15) is 6.10 Å². The number of amides is 1. The molecule has 0 aliphatic carbocycles. The van der Waals surface area contributed by atoms with Crippen molar-refractivity contribution in [1.29, 1.82) is 0 Å². The number of benzene rings is 1. The fraction of sp³-hybridized carbons (Fsp3) is 0.611. The molecule has 1 unspecified atom stereocenters. The SMILES string of the molecule is CCOc1ccc(C(C)NC(=O)[C@@H]2CC[C@H](CN)O2)cc1OCC. The number of carbonyl (C=O) groups excluding carboxylic acids is 1. The third-order valence-electron chi connectivity index (χ3n) is 4.09. The number of nitrogens with two attached hydrogens (primary N) is 1. The lowest BCUT2D eigenvalue weighted by molar-refractivity contribution is -0.132. The summed E-state index contributed by atoms with van der Waals surface area (Å²) in [5, 5.41) is 3.00. The molecule has 0 saturated carbocycles. The van der Waals surface area contributed by atoms with Gasteiger partial charge in [-0.2, -0.15) is 0 Å². The standard InChI is InChI=1S/C18H28N2O4/c1-4-22-15-8-6-13(10-17(15)23-5-2)12(3)20-18(21)16-9-7-14(11-19)24-16/h6,8,10,12,14,16H,4-5,7,9,11,19H2,1-3H3,(H,20,21)/t12?,14-,16+/m1/s1. The topological polar surface area (TPSA) is 82.8 Å². The van der Waals surface area contributed by atoms with E-state index in [0.717, 1.165) is 12.0 Å². The fourth-order valence-electron chi connectivity index (χ4n) is 2.80. The van der Waals surface area contributed by atoms with Gasteiger partial charge in [-0.25, -0.2) is 0 Å². The molecule has 134 valence electrons. The summed E-state index contributed by atoms with van der Waals surface area (Å²) in [6, 6.07) is 5.59. The van der Waals surface area contributed by atoms with E-state index in [4.69, 9.17) is 19.9 Å². The lowest BCUT2D eigenvalue weighted by atomic mass is 10.1. The average Bonchev–Trinajstić information content (AvgIpc) is 3.06. The first-order valence-corrected chi connectivity index (χ1v) is 8.64. The Morgan fingerprint density at radius 1 is 1.29 bits per heavy atom. The Morgan fingerprint density at radius 2 is 2.00 bits per heavy atom. The maximum atomic E-state index is 12.3. The first-order valence-electron chi connectivity index (χ1n) is 8.64. The molecule has 0 radical (unpaired) electrons. The molecule has 3 atom stereocenters. The van der Waals surface area contributed by atoms with Crippen molar-refractivity contribution >= 4 is 5.91 Å². The van der Waals surface area contributed by atoms with E-state index in [2.05, 4.69) is 5.32 Å².